The van der Waals surface area contributed by atoms with Gasteiger partial charge in [0.15, 0.2) is 0 Å². The van der Waals surface area contributed by atoms with Gasteiger partial charge in [-0.1, -0.05) is 37.3 Å². The number of fused-ring (bicyclic) bond motifs is 1. The topological polar surface area (TPSA) is 47.2 Å². The number of benzene rings is 2. The van der Waals surface area contributed by atoms with Gasteiger partial charge in [0.2, 0.25) is 5.91 Å². The molecular weight excluding hydrogens is 326 g/mol. The van der Waals surface area contributed by atoms with Gasteiger partial charge >= 0.3 is 5.69 Å². The predicted molar refractivity (Wildman–Crippen MR) is 106 cm³/mol. The highest BCUT2D eigenvalue weighted by molar-refractivity contribution is 5.94. The Morgan fingerprint density at radius 2 is 1.54 bits per heavy atom. The number of hydrogen-bond acceptors (Lipinski definition) is 2. The number of nitrogens with zero attached hydrogens (tertiary/aromatic N) is 3. The summed E-state index contributed by atoms with van der Waals surface area (Å²) < 4.78 is 3.34. The monoisotopic (exact) mass is 351 g/mol. The third-order valence-corrected chi connectivity index (χ3v) is 4.49. The van der Waals surface area contributed by atoms with Crippen LogP contribution in [0.15, 0.2) is 59.4 Å². The highest BCUT2D eigenvalue weighted by Gasteiger charge is 2.22. The maximum Gasteiger partial charge on any atom is 0.329 e. The number of carbonyl (C=O) groups is 1. The number of amides is 1. The Hall–Kier alpha value is -2.82. The van der Waals surface area contributed by atoms with E-state index in [2.05, 4.69) is 0 Å². The molecule has 0 saturated heterocycles. The molecule has 0 bridgehead atoms. The largest absolute Gasteiger partial charge is 0.329 e. The highest BCUT2D eigenvalue weighted by Crippen LogP contribution is 2.19. The summed E-state index contributed by atoms with van der Waals surface area (Å²) in [4.78, 5) is 27.7. The van der Waals surface area contributed by atoms with Gasteiger partial charge in [0, 0.05) is 18.3 Å². The van der Waals surface area contributed by atoms with Gasteiger partial charge < -0.3 is 4.90 Å². The zero-order valence-corrected chi connectivity index (χ0v) is 15.6. The Balaban J connectivity index is 2.01. The number of anilines is 1. The first-order valence-corrected chi connectivity index (χ1v) is 9.09. The Bertz CT molecular complexity index is 954. The lowest BCUT2D eigenvalue weighted by molar-refractivity contribution is -0.119. The van der Waals surface area contributed by atoms with Crippen molar-refractivity contribution in [1.29, 1.82) is 0 Å². The molecule has 1 heterocycles. The second-order valence-electron chi connectivity index (χ2n) is 6.70. The van der Waals surface area contributed by atoms with Gasteiger partial charge in [0.1, 0.15) is 6.54 Å². The van der Waals surface area contributed by atoms with E-state index in [0.717, 1.165) is 23.1 Å². The van der Waals surface area contributed by atoms with Crippen LogP contribution in [0.25, 0.3) is 11.0 Å². The van der Waals surface area contributed by atoms with Crippen LogP contribution < -0.4 is 10.6 Å². The van der Waals surface area contributed by atoms with Crippen molar-refractivity contribution in [3.8, 4) is 0 Å². The first-order chi connectivity index (χ1) is 12.5. The molecule has 136 valence electrons. The van der Waals surface area contributed by atoms with Crippen LogP contribution in [0.1, 0.15) is 27.2 Å². The molecule has 26 heavy (non-hydrogen) atoms. The predicted octanol–water partition coefficient (Wildman–Crippen LogP) is 3.65. The summed E-state index contributed by atoms with van der Waals surface area (Å²) in [6.45, 7) is 6.68. The first kappa shape index (κ1) is 18.0. The summed E-state index contributed by atoms with van der Waals surface area (Å²) in [6, 6.07) is 17.3. The van der Waals surface area contributed by atoms with E-state index < -0.39 is 0 Å². The van der Waals surface area contributed by atoms with Crippen molar-refractivity contribution < 1.29 is 4.79 Å². The molecule has 2 aromatic carbocycles. The molecule has 5 heteroatoms. The highest BCUT2D eigenvalue weighted by atomic mass is 16.2. The summed E-state index contributed by atoms with van der Waals surface area (Å²) in [5, 5.41) is 0. The van der Waals surface area contributed by atoms with Gasteiger partial charge in [-0.15, -0.1) is 0 Å². The lowest BCUT2D eigenvalue weighted by atomic mass is 10.2. The number of aryl methyl sites for hydroxylation is 1. The second kappa shape index (κ2) is 7.60. The fraction of sp³-hybridized carbons (Fsp3) is 0.333. The van der Waals surface area contributed by atoms with Crippen molar-refractivity contribution in [3.05, 3.63) is 65.1 Å². The van der Waals surface area contributed by atoms with E-state index in [-0.39, 0.29) is 24.2 Å². The Morgan fingerprint density at radius 3 is 2.12 bits per heavy atom. The molecule has 3 aromatic rings. The van der Waals surface area contributed by atoms with Crippen LogP contribution in [-0.2, 0) is 17.9 Å². The molecule has 1 aromatic heterocycles. The van der Waals surface area contributed by atoms with Crippen LogP contribution >= 0.6 is 0 Å². The smallest absolute Gasteiger partial charge is 0.308 e. The zero-order valence-electron chi connectivity index (χ0n) is 15.6. The van der Waals surface area contributed by atoms with E-state index >= 15 is 0 Å². The molecule has 0 radical (unpaired) electrons. The molecule has 0 unspecified atom stereocenters. The van der Waals surface area contributed by atoms with Crippen molar-refractivity contribution >= 4 is 22.6 Å². The van der Waals surface area contributed by atoms with Gasteiger partial charge in [-0.05, 0) is 44.5 Å². The Labute approximate surface area is 153 Å². The molecule has 0 N–H and O–H groups in total. The minimum Gasteiger partial charge on any atom is -0.308 e. The summed E-state index contributed by atoms with van der Waals surface area (Å²) >= 11 is 0. The first-order valence-electron chi connectivity index (χ1n) is 9.09. The maximum absolute atomic E-state index is 13.1. The van der Waals surface area contributed by atoms with Crippen LogP contribution in [0.4, 0.5) is 5.69 Å². The quantitative estimate of drug-likeness (QED) is 0.680. The second-order valence-corrected chi connectivity index (χ2v) is 6.70. The molecule has 0 saturated carbocycles. The molecule has 3 rings (SSSR count). The minimum absolute atomic E-state index is 0.00425. The van der Waals surface area contributed by atoms with Crippen molar-refractivity contribution in [2.24, 2.45) is 0 Å². The SMILES string of the molecule is CCCn1c(=O)n(CC(=O)N(c2ccccc2)C(C)C)c2ccccc21. The number of hydrogen-bond donors (Lipinski definition) is 0. The third-order valence-electron chi connectivity index (χ3n) is 4.49. The molecule has 0 fully saturated rings. The normalized spacial score (nSPS) is 11.2. The van der Waals surface area contributed by atoms with Gasteiger partial charge in [0.05, 0.1) is 11.0 Å². The molecule has 1 amide bonds. The van der Waals surface area contributed by atoms with Crippen LogP contribution in [-0.4, -0.2) is 21.1 Å². The fourth-order valence-electron chi connectivity index (χ4n) is 3.40. The standard InChI is InChI=1S/C21H25N3O2/c1-4-14-22-18-12-8-9-13-19(18)23(21(22)26)15-20(25)24(16(2)3)17-10-6-5-7-11-17/h5-13,16H,4,14-15H2,1-3H3. The van der Waals surface area contributed by atoms with Crippen molar-refractivity contribution in [2.45, 2.75) is 46.3 Å². The van der Waals surface area contributed by atoms with Crippen LogP contribution in [0.3, 0.4) is 0 Å². The summed E-state index contributed by atoms with van der Waals surface area (Å²) in [5.74, 6) is -0.0901. The van der Waals surface area contributed by atoms with Gasteiger partial charge in [-0.2, -0.15) is 0 Å². The van der Waals surface area contributed by atoms with E-state index in [1.165, 1.54) is 0 Å². The molecule has 5 nitrogen and oxygen atoms in total. The number of rotatable bonds is 6. The number of carbonyl (C=O) groups excluding carboxylic acids is 1. The number of aromatic nitrogens is 2. The lowest BCUT2D eigenvalue weighted by Gasteiger charge is -2.27. The zero-order chi connectivity index (χ0) is 18.7. The average molecular weight is 351 g/mol. The van der Waals surface area contributed by atoms with E-state index in [0.29, 0.717) is 6.54 Å². The van der Waals surface area contributed by atoms with E-state index in [1.807, 2.05) is 75.4 Å². The molecule has 0 aliphatic rings. The third kappa shape index (κ3) is 3.29. The van der Waals surface area contributed by atoms with E-state index in [4.69, 9.17) is 0 Å². The van der Waals surface area contributed by atoms with Gasteiger partial charge in [-0.25, -0.2) is 4.79 Å². The maximum atomic E-state index is 13.1. The molecule has 0 aliphatic carbocycles. The molecule has 0 aliphatic heterocycles. The minimum atomic E-state index is -0.127. The van der Waals surface area contributed by atoms with Crippen LogP contribution in [0, 0.1) is 0 Å². The molecule has 0 spiro atoms. The molecular formula is C21H25N3O2. The van der Waals surface area contributed by atoms with Crippen molar-refractivity contribution in [3.63, 3.8) is 0 Å². The van der Waals surface area contributed by atoms with Gasteiger partial charge in [-0.3, -0.25) is 13.9 Å². The summed E-state index contributed by atoms with van der Waals surface area (Å²) in [5.41, 5.74) is 2.40. The summed E-state index contributed by atoms with van der Waals surface area (Å²) in [6.07, 6.45) is 0.865. The number of para-hydroxylation sites is 3. The van der Waals surface area contributed by atoms with Crippen molar-refractivity contribution in [1.82, 2.24) is 9.13 Å². The Kier molecular flexibility index (Phi) is 5.26. The Morgan fingerprint density at radius 1 is 0.962 bits per heavy atom. The molecule has 0 atom stereocenters. The van der Waals surface area contributed by atoms with Crippen LogP contribution in [0.2, 0.25) is 0 Å². The lowest BCUT2D eigenvalue weighted by Crippen LogP contribution is -2.41. The van der Waals surface area contributed by atoms with Crippen molar-refractivity contribution in [2.75, 3.05) is 4.90 Å². The van der Waals surface area contributed by atoms with E-state index in [1.54, 1.807) is 14.0 Å². The number of imidazole rings is 1. The van der Waals surface area contributed by atoms with Gasteiger partial charge in [0.25, 0.3) is 0 Å². The fourth-order valence-corrected chi connectivity index (χ4v) is 3.40. The average Bonchev–Trinajstić information content (AvgIpc) is 2.89. The summed E-state index contributed by atoms with van der Waals surface area (Å²) in [7, 11) is 0. The van der Waals surface area contributed by atoms with Crippen LogP contribution in [0.5, 0.6) is 0 Å². The van der Waals surface area contributed by atoms with E-state index in [9.17, 15) is 9.59 Å².